The Hall–Kier alpha value is -0.320. The van der Waals surface area contributed by atoms with Gasteiger partial charge in [-0.05, 0) is 18.8 Å². The van der Waals surface area contributed by atoms with Crippen LogP contribution in [0, 0.1) is 5.92 Å². The number of carbonyl (C=O) groups is 1. The Bertz CT molecular complexity index is 201. The van der Waals surface area contributed by atoms with Crippen LogP contribution in [0.5, 0.6) is 0 Å². The van der Waals surface area contributed by atoms with Gasteiger partial charge in [0.15, 0.2) is 0 Å². The number of nitrogens with one attached hydrogen (secondary N) is 1. The second-order valence-corrected chi connectivity index (χ2v) is 4.89. The molecule has 0 heterocycles. The fraction of sp³-hybridized carbons (Fsp3) is 0.923. The minimum Gasteiger partial charge on any atom is -0.372 e. The van der Waals surface area contributed by atoms with E-state index in [0.717, 1.165) is 19.3 Å². The molecule has 0 rings (SSSR count). The van der Waals surface area contributed by atoms with Crippen LogP contribution in [0.1, 0.15) is 46.5 Å². The fourth-order valence-corrected chi connectivity index (χ4v) is 1.67. The van der Waals surface area contributed by atoms with Crippen molar-refractivity contribution in [1.29, 1.82) is 0 Å². The maximum absolute atomic E-state index is 11.5. The van der Waals surface area contributed by atoms with E-state index in [0.29, 0.717) is 19.1 Å². The number of carbonyl (C=O) groups excluding carboxylic acids is 1. The van der Waals surface area contributed by atoms with Crippen LogP contribution >= 0.6 is 12.4 Å². The highest BCUT2D eigenvalue weighted by Gasteiger charge is 2.12. The van der Waals surface area contributed by atoms with Crippen LogP contribution in [-0.4, -0.2) is 31.7 Å². The fourth-order valence-electron chi connectivity index (χ4n) is 1.67. The van der Waals surface area contributed by atoms with Crippen LogP contribution in [0.2, 0.25) is 0 Å². The lowest BCUT2D eigenvalue weighted by atomic mass is 10.0. The molecule has 0 bridgehead atoms. The lowest BCUT2D eigenvalue weighted by Crippen LogP contribution is -2.42. The van der Waals surface area contributed by atoms with Crippen molar-refractivity contribution in [2.45, 2.75) is 52.5 Å². The predicted octanol–water partition coefficient (Wildman–Crippen LogP) is 2.10. The Morgan fingerprint density at radius 1 is 1.33 bits per heavy atom. The lowest BCUT2D eigenvalue weighted by Gasteiger charge is -2.18. The van der Waals surface area contributed by atoms with E-state index in [1.807, 2.05) is 0 Å². The molecule has 0 aromatic rings. The average molecular weight is 281 g/mol. The Kier molecular flexibility index (Phi) is 14.6. The Labute approximate surface area is 117 Å². The molecule has 4 nitrogen and oxygen atoms in total. The van der Waals surface area contributed by atoms with Crippen molar-refractivity contribution in [2.75, 3.05) is 19.8 Å². The number of nitrogens with two attached hydrogens (primary N) is 1. The number of hydrogen-bond donors (Lipinski definition) is 2. The molecule has 0 fully saturated rings. The molecule has 1 atom stereocenters. The van der Waals surface area contributed by atoms with E-state index in [9.17, 15) is 4.79 Å². The summed E-state index contributed by atoms with van der Waals surface area (Å²) in [5.41, 5.74) is 5.61. The number of ether oxygens (including phenoxy) is 1. The lowest BCUT2D eigenvalue weighted by molar-refractivity contribution is -0.126. The van der Waals surface area contributed by atoms with E-state index >= 15 is 0 Å². The molecule has 110 valence electrons. The van der Waals surface area contributed by atoms with Crippen LogP contribution < -0.4 is 11.1 Å². The maximum Gasteiger partial charge on any atom is 0.246 e. The minimum absolute atomic E-state index is 0. The number of rotatable bonds is 10. The number of unbranched alkanes of at least 4 members (excludes halogenated alkanes) is 2. The monoisotopic (exact) mass is 280 g/mol. The van der Waals surface area contributed by atoms with Crippen LogP contribution in [0.25, 0.3) is 0 Å². The smallest absolute Gasteiger partial charge is 0.246 e. The summed E-state index contributed by atoms with van der Waals surface area (Å²) in [5.74, 6) is 0.479. The summed E-state index contributed by atoms with van der Waals surface area (Å²) >= 11 is 0. The summed E-state index contributed by atoms with van der Waals surface area (Å²) in [7, 11) is 0. The van der Waals surface area contributed by atoms with Crippen molar-refractivity contribution >= 4 is 18.3 Å². The van der Waals surface area contributed by atoms with Gasteiger partial charge in [0.2, 0.25) is 5.91 Å². The molecule has 0 aliphatic carbocycles. The predicted molar refractivity (Wildman–Crippen MR) is 78.0 cm³/mol. The molecule has 0 aliphatic heterocycles. The molecule has 1 amide bonds. The van der Waals surface area contributed by atoms with Crippen LogP contribution in [0.4, 0.5) is 0 Å². The highest BCUT2D eigenvalue weighted by Crippen LogP contribution is 2.03. The van der Waals surface area contributed by atoms with Gasteiger partial charge in [0.25, 0.3) is 0 Å². The summed E-state index contributed by atoms with van der Waals surface area (Å²) in [4.78, 5) is 11.5. The zero-order valence-corrected chi connectivity index (χ0v) is 12.7. The first-order chi connectivity index (χ1) is 8.10. The van der Waals surface area contributed by atoms with E-state index in [4.69, 9.17) is 10.5 Å². The van der Waals surface area contributed by atoms with Gasteiger partial charge >= 0.3 is 0 Å². The summed E-state index contributed by atoms with van der Waals surface area (Å²) < 4.78 is 5.30. The summed E-state index contributed by atoms with van der Waals surface area (Å²) in [5, 5.41) is 2.90. The second kappa shape index (κ2) is 13.1. The maximum atomic E-state index is 11.5. The first kappa shape index (κ1) is 20.0. The van der Waals surface area contributed by atoms with Gasteiger partial charge in [-0.1, -0.05) is 33.6 Å². The van der Waals surface area contributed by atoms with Gasteiger partial charge in [0.1, 0.15) is 6.61 Å². The third-order valence-electron chi connectivity index (χ3n) is 2.53. The summed E-state index contributed by atoms with van der Waals surface area (Å²) in [6, 6.07) is 0.0711. The highest BCUT2D eigenvalue weighted by atomic mass is 35.5. The van der Waals surface area contributed by atoms with E-state index in [-0.39, 0.29) is 31.0 Å². The molecular formula is C13H29ClN2O2. The molecule has 1 unspecified atom stereocenters. The van der Waals surface area contributed by atoms with Gasteiger partial charge in [-0.2, -0.15) is 0 Å². The zero-order valence-electron chi connectivity index (χ0n) is 11.9. The van der Waals surface area contributed by atoms with Crippen molar-refractivity contribution < 1.29 is 9.53 Å². The van der Waals surface area contributed by atoms with Gasteiger partial charge in [-0.25, -0.2) is 0 Å². The van der Waals surface area contributed by atoms with Gasteiger partial charge in [-0.3, -0.25) is 4.79 Å². The molecule has 0 saturated carbocycles. The quantitative estimate of drug-likeness (QED) is 0.603. The van der Waals surface area contributed by atoms with Crippen molar-refractivity contribution in [3.63, 3.8) is 0 Å². The topological polar surface area (TPSA) is 64.3 Å². The van der Waals surface area contributed by atoms with Crippen molar-refractivity contribution in [3.8, 4) is 0 Å². The molecule has 0 spiro atoms. The SMILES string of the molecule is CCCCCOCC(=O)NC(CN)CC(C)C.Cl. The van der Waals surface area contributed by atoms with Gasteiger partial charge in [-0.15, -0.1) is 12.4 Å². The van der Waals surface area contributed by atoms with E-state index in [1.165, 1.54) is 6.42 Å². The summed E-state index contributed by atoms with van der Waals surface area (Å²) in [6.07, 6.45) is 4.26. The highest BCUT2D eigenvalue weighted by molar-refractivity contribution is 5.85. The Morgan fingerprint density at radius 3 is 2.50 bits per heavy atom. The van der Waals surface area contributed by atoms with Crippen LogP contribution in [0.3, 0.4) is 0 Å². The molecule has 0 aromatic carbocycles. The standard InChI is InChI=1S/C13H28N2O2.ClH/c1-4-5-6-7-17-10-13(16)15-12(9-14)8-11(2)3;/h11-12H,4-10,14H2,1-3H3,(H,15,16);1H. The molecule has 3 N–H and O–H groups in total. The molecule has 0 aliphatic rings. The van der Waals surface area contributed by atoms with Crippen LogP contribution in [0.15, 0.2) is 0 Å². The zero-order chi connectivity index (χ0) is 13.1. The third-order valence-corrected chi connectivity index (χ3v) is 2.53. The molecule has 0 radical (unpaired) electrons. The van der Waals surface area contributed by atoms with Crippen molar-refractivity contribution in [3.05, 3.63) is 0 Å². The van der Waals surface area contributed by atoms with Crippen molar-refractivity contribution in [1.82, 2.24) is 5.32 Å². The second-order valence-electron chi connectivity index (χ2n) is 4.89. The van der Waals surface area contributed by atoms with Gasteiger partial charge < -0.3 is 15.8 Å². The van der Waals surface area contributed by atoms with Gasteiger partial charge in [0, 0.05) is 19.2 Å². The molecule has 0 aromatic heterocycles. The number of halogens is 1. The molecular weight excluding hydrogens is 252 g/mol. The van der Waals surface area contributed by atoms with E-state index in [1.54, 1.807) is 0 Å². The average Bonchev–Trinajstić information content (AvgIpc) is 2.27. The third kappa shape index (κ3) is 12.1. The van der Waals surface area contributed by atoms with E-state index < -0.39 is 0 Å². The molecule has 0 saturated heterocycles. The number of hydrogen-bond acceptors (Lipinski definition) is 3. The Balaban J connectivity index is 0. The molecule has 5 heteroatoms. The Morgan fingerprint density at radius 2 is 2.00 bits per heavy atom. The van der Waals surface area contributed by atoms with E-state index in [2.05, 4.69) is 26.1 Å². The number of amides is 1. The van der Waals surface area contributed by atoms with Crippen LogP contribution in [-0.2, 0) is 9.53 Å². The van der Waals surface area contributed by atoms with Crippen molar-refractivity contribution in [2.24, 2.45) is 11.7 Å². The molecule has 18 heavy (non-hydrogen) atoms. The first-order valence-corrected chi connectivity index (χ1v) is 6.67. The largest absolute Gasteiger partial charge is 0.372 e. The van der Waals surface area contributed by atoms with Gasteiger partial charge in [0.05, 0.1) is 0 Å². The first-order valence-electron chi connectivity index (χ1n) is 6.67. The normalized spacial score (nSPS) is 12.1. The summed E-state index contributed by atoms with van der Waals surface area (Å²) in [6.45, 7) is 7.69. The minimum atomic E-state index is -0.0578.